The van der Waals surface area contributed by atoms with Crippen LogP contribution >= 0.6 is 24.0 Å². The number of thioether (sulfide) groups is 1. The molecule has 5 rings (SSSR count). The second-order valence-corrected chi connectivity index (χ2v) is 8.73. The van der Waals surface area contributed by atoms with Gasteiger partial charge in [0.2, 0.25) is 0 Å². The fourth-order valence-corrected chi connectivity index (χ4v) is 4.93. The third-order valence-electron chi connectivity index (χ3n) is 5.29. The van der Waals surface area contributed by atoms with Crippen LogP contribution in [0.15, 0.2) is 47.4 Å². The van der Waals surface area contributed by atoms with Gasteiger partial charge in [-0.2, -0.15) is 5.10 Å². The van der Waals surface area contributed by atoms with E-state index < -0.39 is 0 Å². The summed E-state index contributed by atoms with van der Waals surface area (Å²) in [6, 6.07) is 12.5. The summed E-state index contributed by atoms with van der Waals surface area (Å²) in [6.45, 7) is 1.47. The van der Waals surface area contributed by atoms with Crippen LogP contribution in [0.1, 0.15) is 11.9 Å². The number of rotatable bonds is 4. The van der Waals surface area contributed by atoms with E-state index >= 15 is 0 Å². The van der Waals surface area contributed by atoms with Gasteiger partial charge in [-0.1, -0.05) is 12.1 Å². The van der Waals surface area contributed by atoms with E-state index in [4.69, 9.17) is 26.8 Å². The minimum Gasteiger partial charge on any atom is -0.485 e. The predicted molar refractivity (Wildman–Crippen MR) is 119 cm³/mol. The summed E-state index contributed by atoms with van der Waals surface area (Å²) in [4.78, 5) is 13.9. The number of fused-ring (bicyclic) bond motifs is 2. The van der Waals surface area contributed by atoms with Crippen molar-refractivity contribution in [2.45, 2.75) is 17.7 Å². The molecule has 9 nitrogen and oxygen atoms in total. The highest BCUT2D eigenvalue weighted by Gasteiger charge is 2.28. The molecule has 0 saturated heterocycles. The van der Waals surface area contributed by atoms with Crippen LogP contribution in [0.2, 0.25) is 0 Å². The van der Waals surface area contributed by atoms with Crippen LogP contribution in [0.25, 0.3) is 0 Å². The van der Waals surface area contributed by atoms with Gasteiger partial charge in [-0.25, -0.2) is 4.68 Å². The SMILES string of the molecule is Cn1c([C@@H]2COc3ccccc3O2)nn(CN2CCSc3ccc([N+](=O)[O-])cc32)c1=S. The van der Waals surface area contributed by atoms with Crippen LogP contribution in [0.5, 0.6) is 11.5 Å². The summed E-state index contributed by atoms with van der Waals surface area (Å²) in [6.07, 6.45) is -0.381. The number of non-ortho nitro benzene ring substituents is 1. The monoisotopic (exact) mass is 457 g/mol. The molecule has 1 atom stereocenters. The van der Waals surface area contributed by atoms with Crippen LogP contribution in [0.4, 0.5) is 11.4 Å². The van der Waals surface area contributed by atoms with E-state index in [1.54, 1.807) is 28.6 Å². The molecular weight excluding hydrogens is 438 g/mol. The Labute approximate surface area is 187 Å². The maximum absolute atomic E-state index is 11.2. The van der Waals surface area contributed by atoms with Gasteiger partial charge in [-0.3, -0.25) is 10.1 Å². The van der Waals surface area contributed by atoms with Crippen LogP contribution in [0, 0.1) is 14.9 Å². The smallest absolute Gasteiger partial charge is 0.271 e. The molecule has 0 amide bonds. The van der Waals surface area contributed by atoms with Gasteiger partial charge in [0, 0.05) is 36.4 Å². The first kappa shape index (κ1) is 19.9. The Bertz CT molecular complexity index is 1220. The molecule has 0 radical (unpaired) electrons. The van der Waals surface area contributed by atoms with Crippen LogP contribution in [0.3, 0.4) is 0 Å². The van der Waals surface area contributed by atoms with Crippen LogP contribution in [-0.2, 0) is 13.7 Å². The number of aromatic nitrogens is 3. The van der Waals surface area contributed by atoms with E-state index in [-0.39, 0.29) is 16.7 Å². The number of nitro benzene ring substituents is 1. The van der Waals surface area contributed by atoms with Crippen molar-refractivity contribution < 1.29 is 14.4 Å². The molecule has 0 aliphatic carbocycles. The Morgan fingerprint density at radius 2 is 2.10 bits per heavy atom. The molecule has 3 heterocycles. The van der Waals surface area contributed by atoms with E-state index in [9.17, 15) is 10.1 Å². The van der Waals surface area contributed by atoms with E-state index in [2.05, 4.69) is 4.90 Å². The molecule has 3 aromatic rings. The predicted octanol–water partition coefficient (Wildman–Crippen LogP) is 3.94. The highest BCUT2D eigenvalue weighted by molar-refractivity contribution is 7.99. The number of benzene rings is 2. The maximum Gasteiger partial charge on any atom is 0.271 e. The summed E-state index contributed by atoms with van der Waals surface area (Å²) < 4.78 is 16.0. The Kier molecular flexibility index (Phi) is 5.06. The zero-order chi connectivity index (χ0) is 21.5. The summed E-state index contributed by atoms with van der Waals surface area (Å²) in [5, 5.41) is 16.0. The topological polar surface area (TPSA) is 87.6 Å². The number of nitro groups is 1. The van der Waals surface area contributed by atoms with Gasteiger partial charge in [0.05, 0.1) is 10.6 Å². The standard InChI is InChI=1S/C20H19N5O4S2/c1-22-19(17-11-28-15-4-2-3-5-16(15)29-17)21-24(20(22)30)12-23-8-9-31-18-7-6-13(25(26)27)10-14(18)23/h2-7,10,17H,8-9,11-12H2,1H3/t17-/m0/s1. The van der Waals surface area contributed by atoms with Gasteiger partial charge in [-0.15, -0.1) is 11.8 Å². The molecule has 11 heteroatoms. The zero-order valence-electron chi connectivity index (χ0n) is 16.6. The van der Waals surface area contributed by atoms with Crippen LogP contribution < -0.4 is 14.4 Å². The minimum atomic E-state index is -0.381. The molecule has 0 fully saturated rings. The summed E-state index contributed by atoms with van der Waals surface area (Å²) >= 11 is 7.31. The van der Waals surface area contributed by atoms with Gasteiger partial charge in [-0.05, 0) is 30.4 Å². The molecule has 2 aliphatic rings. The molecule has 0 spiro atoms. The highest BCUT2D eigenvalue weighted by atomic mass is 32.2. The first-order valence-electron chi connectivity index (χ1n) is 9.69. The normalized spacial score (nSPS) is 17.3. The lowest BCUT2D eigenvalue weighted by atomic mass is 10.2. The van der Waals surface area contributed by atoms with Gasteiger partial charge >= 0.3 is 0 Å². The number of anilines is 1. The molecule has 2 aromatic carbocycles. The molecule has 0 unspecified atom stereocenters. The molecule has 1 aromatic heterocycles. The van der Waals surface area contributed by atoms with Crippen molar-refractivity contribution >= 4 is 35.4 Å². The molecule has 31 heavy (non-hydrogen) atoms. The van der Waals surface area contributed by atoms with Crippen molar-refractivity contribution in [1.29, 1.82) is 0 Å². The molecular formula is C20H19N5O4S2. The summed E-state index contributed by atoms with van der Waals surface area (Å²) in [5.41, 5.74) is 0.897. The van der Waals surface area contributed by atoms with Gasteiger partial charge < -0.3 is 18.9 Å². The van der Waals surface area contributed by atoms with Crippen LogP contribution in [-0.4, -0.2) is 38.2 Å². The van der Waals surface area contributed by atoms with Crippen molar-refractivity contribution in [3.05, 3.63) is 63.2 Å². The first-order valence-corrected chi connectivity index (χ1v) is 11.1. The number of ether oxygens (including phenoxy) is 2. The first-order chi connectivity index (χ1) is 15.0. The number of nitrogens with zero attached hydrogens (tertiary/aromatic N) is 5. The van der Waals surface area contributed by atoms with Crippen molar-refractivity contribution in [3.8, 4) is 11.5 Å². The Morgan fingerprint density at radius 3 is 2.90 bits per heavy atom. The quantitative estimate of drug-likeness (QED) is 0.331. The van der Waals surface area contributed by atoms with E-state index in [0.717, 1.165) is 22.9 Å². The van der Waals surface area contributed by atoms with E-state index in [1.807, 2.05) is 35.9 Å². The summed E-state index contributed by atoms with van der Waals surface area (Å²) in [7, 11) is 1.86. The van der Waals surface area contributed by atoms with E-state index in [0.29, 0.717) is 35.4 Å². The third-order valence-corrected chi connectivity index (χ3v) is 6.82. The number of para-hydroxylation sites is 2. The minimum absolute atomic E-state index is 0.0722. The average Bonchev–Trinajstić information content (AvgIpc) is 3.07. The molecule has 0 saturated carbocycles. The Hall–Kier alpha value is -3.05. The largest absolute Gasteiger partial charge is 0.485 e. The van der Waals surface area contributed by atoms with Crippen molar-refractivity contribution in [3.63, 3.8) is 0 Å². The van der Waals surface area contributed by atoms with Gasteiger partial charge in [0.15, 0.2) is 28.2 Å². The lowest BCUT2D eigenvalue weighted by Gasteiger charge is -2.30. The van der Waals surface area contributed by atoms with Crippen molar-refractivity contribution in [2.75, 3.05) is 23.8 Å². The maximum atomic E-state index is 11.2. The van der Waals surface area contributed by atoms with Crippen molar-refractivity contribution in [1.82, 2.24) is 14.3 Å². The second kappa shape index (κ2) is 7.89. The van der Waals surface area contributed by atoms with Gasteiger partial charge in [0.25, 0.3) is 5.69 Å². The highest BCUT2D eigenvalue weighted by Crippen LogP contribution is 2.38. The lowest BCUT2D eigenvalue weighted by Crippen LogP contribution is -2.32. The second-order valence-electron chi connectivity index (χ2n) is 7.23. The fourth-order valence-electron chi connectivity index (χ4n) is 3.71. The average molecular weight is 458 g/mol. The molecule has 0 bridgehead atoms. The Balaban J connectivity index is 1.43. The molecule has 2 aliphatic heterocycles. The molecule has 0 N–H and O–H groups in total. The Morgan fingerprint density at radius 1 is 1.29 bits per heavy atom. The zero-order valence-corrected chi connectivity index (χ0v) is 18.3. The number of hydrogen-bond donors (Lipinski definition) is 0. The van der Waals surface area contributed by atoms with Crippen molar-refractivity contribution in [2.24, 2.45) is 7.05 Å². The van der Waals surface area contributed by atoms with E-state index in [1.165, 1.54) is 6.07 Å². The number of hydrogen-bond acceptors (Lipinski definition) is 8. The third kappa shape index (κ3) is 3.63. The lowest BCUT2D eigenvalue weighted by molar-refractivity contribution is -0.384. The summed E-state index contributed by atoms with van der Waals surface area (Å²) in [5.74, 6) is 2.94. The fraction of sp³-hybridized carbons (Fsp3) is 0.300. The van der Waals surface area contributed by atoms with Gasteiger partial charge in [0.1, 0.15) is 13.3 Å². The molecule has 160 valence electrons.